The Hall–Kier alpha value is -2.28. The number of rotatable bonds is 5. The van der Waals surface area contributed by atoms with E-state index in [-0.39, 0.29) is 5.63 Å². The van der Waals surface area contributed by atoms with Crippen molar-refractivity contribution in [2.45, 2.75) is 56.4 Å². The molecule has 1 saturated carbocycles. The lowest BCUT2D eigenvalue weighted by molar-refractivity contribution is 0.559. The largest absolute Gasteiger partial charge is 0.423 e. The first-order valence-corrected chi connectivity index (χ1v) is 9.83. The second-order valence-electron chi connectivity index (χ2n) is 7.22. The first-order chi connectivity index (χ1) is 12.4. The van der Waals surface area contributed by atoms with Gasteiger partial charge in [0.05, 0.1) is 0 Å². The first-order valence-electron chi connectivity index (χ1n) is 8.84. The highest BCUT2D eigenvalue weighted by molar-refractivity contribution is 7.98. The Balaban J connectivity index is 1.69. The Labute approximate surface area is 155 Å². The summed E-state index contributed by atoms with van der Waals surface area (Å²) in [6.45, 7) is 6.38. The van der Waals surface area contributed by atoms with Gasteiger partial charge in [0.1, 0.15) is 5.58 Å². The molecule has 1 aromatic carbocycles. The Morgan fingerprint density at radius 2 is 2.08 bits per heavy atom. The number of nitrogen functional groups attached to an aromatic ring is 1. The fraction of sp³-hybridized carbons (Fsp3) is 0.421. The summed E-state index contributed by atoms with van der Waals surface area (Å²) in [7, 11) is 0. The summed E-state index contributed by atoms with van der Waals surface area (Å²) in [4.78, 5) is 12.0. The normalized spacial score (nSPS) is 14.5. The van der Waals surface area contributed by atoms with Gasteiger partial charge < -0.3 is 10.3 Å². The predicted octanol–water partition coefficient (Wildman–Crippen LogP) is 3.70. The van der Waals surface area contributed by atoms with Gasteiger partial charge in [-0.05, 0) is 54.5 Å². The maximum atomic E-state index is 12.0. The summed E-state index contributed by atoms with van der Waals surface area (Å²) in [6, 6.07) is 5.65. The number of hydrogen-bond acceptors (Lipinski definition) is 6. The van der Waals surface area contributed by atoms with Crippen LogP contribution in [0.5, 0.6) is 0 Å². The lowest BCUT2D eigenvalue weighted by Crippen LogP contribution is -2.13. The van der Waals surface area contributed by atoms with Crippen LogP contribution in [0.4, 0.5) is 0 Å². The Kier molecular flexibility index (Phi) is 4.26. The molecular formula is C19H22N4O2S. The topological polar surface area (TPSA) is 86.9 Å². The summed E-state index contributed by atoms with van der Waals surface area (Å²) in [5.74, 6) is 8.41. The van der Waals surface area contributed by atoms with Crippen molar-refractivity contribution in [1.82, 2.24) is 14.9 Å². The monoisotopic (exact) mass is 370 g/mol. The molecule has 0 amide bonds. The molecule has 0 spiro atoms. The Morgan fingerprint density at radius 1 is 1.31 bits per heavy atom. The summed E-state index contributed by atoms with van der Waals surface area (Å²) < 4.78 is 7.00. The highest BCUT2D eigenvalue weighted by Gasteiger charge is 2.29. The van der Waals surface area contributed by atoms with Crippen LogP contribution in [0.15, 0.2) is 32.6 Å². The summed E-state index contributed by atoms with van der Waals surface area (Å²) in [5, 5.41) is 10.0. The van der Waals surface area contributed by atoms with Crippen LogP contribution in [0.1, 0.15) is 61.0 Å². The molecule has 0 bridgehead atoms. The van der Waals surface area contributed by atoms with E-state index in [1.54, 1.807) is 10.7 Å². The molecule has 1 fully saturated rings. The quantitative estimate of drug-likeness (QED) is 0.419. The average Bonchev–Trinajstić information content (AvgIpc) is 3.35. The van der Waals surface area contributed by atoms with Crippen LogP contribution in [0.3, 0.4) is 0 Å². The maximum absolute atomic E-state index is 12.0. The molecule has 4 rings (SSSR count). The SMILES string of the molecule is Cc1cc2oc(=O)cc(CSc3nnc(C4CC4)n3N)c2cc1C(C)C. The van der Waals surface area contributed by atoms with Gasteiger partial charge in [-0.2, -0.15) is 0 Å². The fourth-order valence-corrected chi connectivity index (χ4v) is 4.14. The van der Waals surface area contributed by atoms with Crippen molar-refractivity contribution >= 4 is 22.7 Å². The molecule has 6 nitrogen and oxygen atoms in total. The molecule has 0 atom stereocenters. The van der Waals surface area contributed by atoms with E-state index in [1.807, 2.05) is 13.0 Å². The van der Waals surface area contributed by atoms with Gasteiger partial charge >= 0.3 is 5.63 Å². The van der Waals surface area contributed by atoms with Crippen molar-refractivity contribution < 1.29 is 4.42 Å². The molecule has 2 heterocycles. The standard InChI is InChI=1S/C19H22N4O2S/c1-10(2)14-8-15-13(7-17(24)25-16(15)6-11(14)3)9-26-19-22-21-18(23(19)20)12-4-5-12/h6-8,10,12H,4-5,9,20H2,1-3H3. The van der Waals surface area contributed by atoms with Crippen molar-refractivity contribution in [3.63, 3.8) is 0 Å². The minimum Gasteiger partial charge on any atom is -0.423 e. The van der Waals surface area contributed by atoms with Crippen LogP contribution in [0, 0.1) is 6.92 Å². The maximum Gasteiger partial charge on any atom is 0.336 e. The second kappa shape index (κ2) is 6.46. The lowest BCUT2D eigenvalue weighted by Gasteiger charge is -2.13. The van der Waals surface area contributed by atoms with Gasteiger partial charge in [-0.1, -0.05) is 25.6 Å². The van der Waals surface area contributed by atoms with Gasteiger partial charge in [0, 0.05) is 23.1 Å². The summed E-state index contributed by atoms with van der Waals surface area (Å²) >= 11 is 1.49. The fourth-order valence-electron chi connectivity index (χ4n) is 3.28. The Morgan fingerprint density at radius 3 is 2.77 bits per heavy atom. The summed E-state index contributed by atoms with van der Waals surface area (Å²) in [6.07, 6.45) is 2.25. The van der Waals surface area contributed by atoms with Crippen LogP contribution >= 0.6 is 11.8 Å². The number of thioether (sulfide) groups is 1. The lowest BCUT2D eigenvalue weighted by atomic mass is 9.95. The van der Waals surface area contributed by atoms with Gasteiger partial charge in [0.25, 0.3) is 0 Å². The minimum absolute atomic E-state index is 0.335. The molecule has 3 aromatic rings. The molecule has 0 unspecified atom stereocenters. The zero-order valence-corrected chi connectivity index (χ0v) is 16.0. The van der Waals surface area contributed by atoms with Gasteiger partial charge in [-0.25, -0.2) is 9.47 Å². The molecule has 0 aliphatic heterocycles. The number of aromatic nitrogens is 3. The third-order valence-corrected chi connectivity index (χ3v) is 5.82. The van der Waals surface area contributed by atoms with Crippen LogP contribution in [-0.2, 0) is 5.75 Å². The second-order valence-corrected chi connectivity index (χ2v) is 8.17. The number of nitrogens with zero attached hydrogens (tertiary/aromatic N) is 3. The van der Waals surface area contributed by atoms with Crippen molar-refractivity contribution in [2.24, 2.45) is 0 Å². The smallest absolute Gasteiger partial charge is 0.336 e. The van der Waals surface area contributed by atoms with Crippen molar-refractivity contribution in [2.75, 3.05) is 5.84 Å². The van der Waals surface area contributed by atoms with Gasteiger partial charge in [-0.15, -0.1) is 10.2 Å². The van der Waals surface area contributed by atoms with Crippen molar-refractivity contribution in [3.05, 3.63) is 51.1 Å². The van der Waals surface area contributed by atoms with Crippen LogP contribution in [-0.4, -0.2) is 14.9 Å². The molecule has 26 heavy (non-hydrogen) atoms. The molecule has 0 saturated heterocycles. The molecule has 0 radical (unpaired) electrons. The van der Waals surface area contributed by atoms with Crippen LogP contribution < -0.4 is 11.5 Å². The molecular weight excluding hydrogens is 348 g/mol. The van der Waals surface area contributed by atoms with Crippen LogP contribution in [0.2, 0.25) is 0 Å². The van der Waals surface area contributed by atoms with E-state index in [0.717, 1.165) is 35.2 Å². The molecule has 1 aliphatic carbocycles. The number of nitrogens with two attached hydrogens (primary N) is 1. The minimum atomic E-state index is -0.335. The number of benzene rings is 1. The van der Waals surface area contributed by atoms with E-state index in [9.17, 15) is 4.79 Å². The van der Waals surface area contributed by atoms with Crippen molar-refractivity contribution in [3.8, 4) is 0 Å². The van der Waals surface area contributed by atoms with E-state index in [1.165, 1.54) is 17.3 Å². The van der Waals surface area contributed by atoms with E-state index < -0.39 is 0 Å². The zero-order valence-electron chi connectivity index (χ0n) is 15.2. The van der Waals surface area contributed by atoms with Crippen molar-refractivity contribution in [1.29, 1.82) is 0 Å². The van der Waals surface area contributed by atoms with E-state index in [2.05, 4.69) is 30.1 Å². The highest BCUT2D eigenvalue weighted by atomic mass is 32.2. The highest BCUT2D eigenvalue weighted by Crippen LogP contribution is 2.39. The molecule has 1 aliphatic rings. The Bertz CT molecular complexity index is 1030. The van der Waals surface area contributed by atoms with Crippen LogP contribution in [0.25, 0.3) is 11.0 Å². The number of fused-ring (bicyclic) bond motifs is 1. The summed E-state index contributed by atoms with van der Waals surface area (Å²) in [5.41, 5.74) is 3.62. The zero-order chi connectivity index (χ0) is 18.4. The average molecular weight is 370 g/mol. The molecule has 7 heteroatoms. The van der Waals surface area contributed by atoms with E-state index >= 15 is 0 Å². The molecule has 136 valence electrons. The van der Waals surface area contributed by atoms with Gasteiger partial charge in [0.15, 0.2) is 5.82 Å². The number of hydrogen-bond donors (Lipinski definition) is 1. The van der Waals surface area contributed by atoms with Gasteiger partial charge in [0.2, 0.25) is 5.16 Å². The van der Waals surface area contributed by atoms with E-state index in [0.29, 0.717) is 28.3 Å². The molecule has 2 N–H and O–H groups in total. The van der Waals surface area contributed by atoms with E-state index in [4.69, 9.17) is 10.3 Å². The molecule has 2 aromatic heterocycles. The van der Waals surface area contributed by atoms with Gasteiger partial charge in [-0.3, -0.25) is 0 Å². The third kappa shape index (κ3) is 3.11. The predicted molar refractivity (Wildman–Crippen MR) is 103 cm³/mol. The third-order valence-electron chi connectivity index (χ3n) is 4.83. The first kappa shape index (κ1) is 17.1. The number of aryl methyl sites for hydroxylation is 1.